The van der Waals surface area contributed by atoms with Crippen molar-refractivity contribution in [2.24, 2.45) is 0 Å². The van der Waals surface area contributed by atoms with Crippen molar-refractivity contribution in [1.29, 1.82) is 0 Å². The fourth-order valence-electron chi connectivity index (χ4n) is 2.65. The van der Waals surface area contributed by atoms with E-state index in [-0.39, 0.29) is 17.9 Å². The first kappa shape index (κ1) is 15.6. The van der Waals surface area contributed by atoms with Crippen LogP contribution in [0.4, 0.5) is 0 Å². The van der Waals surface area contributed by atoms with Crippen LogP contribution >= 0.6 is 0 Å². The highest BCUT2D eigenvalue weighted by molar-refractivity contribution is 5.93. The van der Waals surface area contributed by atoms with Gasteiger partial charge in [0.25, 0.3) is 0 Å². The van der Waals surface area contributed by atoms with E-state index < -0.39 is 0 Å². The molecule has 0 fully saturated rings. The largest absolute Gasteiger partial charge is 0.465 e. The number of rotatable bonds is 6. The number of aromatic nitrogens is 1. The quantitative estimate of drug-likeness (QED) is 0.757. The van der Waals surface area contributed by atoms with Gasteiger partial charge >= 0.3 is 11.9 Å². The Labute approximate surface area is 125 Å². The van der Waals surface area contributed by atoms with E-state index >= 15 is 0 Å². The van der Waals surface area contributed by atoms with Crippen LogP contribution in [-0.2, 0) is 20.8 Å². The number of ether oxygens (including phenoxy) is 2. The Morgan fingerprint density at radius 2 is 1.95 bits per heavy atom. The van der Waals surface area contributed by atoms with Gasteiger partial charge in [-0.1, -0.05) is 13.8 Å². The Morgan fingerprint density at radius 1 is 1.24 bits per heavy atom. The molecule has 1 aliphatic heterocycles. The van der Waals surface area contributed by atoms with Crippen LogP contribution in [-0.4, -0.2) is 29.7 Å². The molecule has 0 saturated heterocycles. The Kier molecular flexibility index (Phi) is 5.42. The summed E-state index contributed by atoms with van der Waals surface area (Å²) in [6, 6.07) is 1.75. The van der Waals surface area contributed by atoms with Crippen molar-refractivity contribution in [3.8, 4) is 0 Å². The van der Waals surface area contributed by atoms with Crippen LogP contribution < -0.4 is 0 Å². The van der Waals surface area contributed by atoms with Crippen molar-refractivity contribution >= 4 is 11.9 Å². The van der Waals surface area contributed by atoms with Crippen LogP contribution in [0.25, 0.3) is 0 Å². The van der Waals surface area contributed by atoms with Gasteiger partial charge < -0.3 is 14.0 Å². The lowest BCUT2D eigenvalue weighted by atomic mass is 9.93. The lowest BCUT2D eigenvalue weighted by Crippen LogP contribution is -2.26. The van der Waals surface area contributed by atoms with E-state index in [0.717, 1.165) is 37.9 Å². The van der Waals surface area contributed by atoms with E-state index in [2.05, 4.69) is 0 Å². The van der Waals surface area contributed by atoms with Gasteiger partial charge in [0.05, 0.1) is 24.7 Å². The summed E-state index contributed by atoms with van der Waals surface area (Å²) in [5.74, 6) is -0.939. The average molecular weight is 293 g/mol. The molecule has 2 rings (SSSR count). The molecule has 1 aliphatic rings. The predicted octanol–water partition coefficient (Wildman–Crippen LogP) is 2.89. The van der Waals surface area contributed by atoms with E-state index in [1.165, 1.54) is 0 Å². The van der Waals surface area contributed by atoms with E-state index in [1.807, 2.05) is 24.6 Å². The molecule has 5 heteroatoms. The zero-order valence-electron chi connectivity index (χ0n) is 12.8. The summed E-state index contributed by atoms with van der Waals surface area (Å²) >= 11 is 0. The molecular formula is C16H23NO4. The molecule has 116 valence electrons. The molecule has 0 bridgehead atoms. The summed E-state index contributed by atoms with van der Waals surface area (Å²) in [5, 5.41) is 0. The van der Waals surface area contributed by atoms with Crippen LogP contribution in [0.1, 0.15) is 61.5 Å². The lowest BCUT2D eigenvalue weighted by molar-refractivity contribution is -0.146. The first-order valence-corrected chi connectivity index (χ1v) is 7.71. The topological polar surface area (TPSA) is 57.5 Å². The minimum atomic E-state index is -0.357. The molecule has 21 heavy (non-hydrogen) atoms. The summed E-state index contributed by atoms with van der Waals surface area (Å²) in [4.78, 5) is 24.4. The minimum absolute atomic E-state index is 0.235. The molecule has 0 amide bonds. The second-order valence-electron chi connectivity index (χ2n) is 5.31. The van der Waals surface area contributed by atoms with Gasteiger partial charge in [-0.25, -0.2) is 4.79 Å². The highest BCUT2D eigenvalue weighted by Gasteiger charge is 2.33. The maximum Gasteiger partial charge on any atom is 0.339 e. The van der Waals surface area contributed by atoms with Gasteiger partial charge in [-0.3, -0.25) is 4.79 Å². The number of nitrogens with zero attached hydrogens (tertiary/aromatic N) is 1. The summed E-state index contributed by atoms with van der Waals surface area (Å²) < 4.78 is 12.5. The molecule has 0 N–H and O–H groups in total. The first-order valence-electron chi connectivity index (χ1n) is 7.71. The van der Waals surface area contributed by atoms with Gasteiger partial charge in [0.1, 0.15) is 0 Å². The molecule has 0 aliphatic carbocycles. The van der Waals surface area contributed by atoms with Crippen LogP contribution in [0.3, 0.4) is 0 Å². The number of hydrogen-bond donors (Lipinski definition) is 0. The third-order valence-corrected chi connectivity index (χ3v) is 3.62. The van der Waals surface area contributed by atoms with Crippen LogP contribution in [0, 0.1) is 0 Å². The van der Waals surface area contributed by atoms with Gasteiger partial charge in [0.15, 0.2) is 0 Å². The number of carbonyl (C=O) groups excluding carboxylic acids is 2. The number of aryl methyl sites for hydroxylation is 1. The van der Waals surface area contributed by atoms with Crippen LogP contribution in [0.2, 0.25) is 0 Å². The van der Waals surface area contributed by atoms with Gasteiger partial charge in [-0.15, -0.1) is 0 Å². The molecule has 0 saturated carbocycles. The molecule has 1 aromatic rings. The molecule has 1 unspecified atom stereocenters. The Balaban J connectivity index is 2.21. The van der Waals surface area contributed by atoms with E-state index in [1.54, 1.807) is 6.07 Å². The summed E-state index contributed by atoms with van der Waals surface area (Å²) in [6.07, 6.45) is 5.07. The Morgan fingerprint density at radius 3 is 2.67 bits per heavy atom. The third-order valence-electron chi connectivity index (χ3n) is 3.62. The maximum absolute atomic E-state index is 12.2. The maximum atomic E-state index is 12.2. The Bertz CT molecular complexity index is 506. The smallest absolute Gasteiger partial charge is 0.339 e. The van der Waals surface area contributed by atoms with Crippen molar-refractivity contribution < 1.29 is 19.1 Å². The molecule has 2 heterocycles. The fraction of sp³-hybridized carbons (Fsp3) is 0.625. The van der Waals surface area contributed by atoms with E-state index in [0.29, 0.717) is 18.8 Å². The van der Waals surface area contributed by atoms with Crippen molar-refractivity contribution in [3.63, 3.8) is 0 Å². The fourth-order valence-corrected chi connectivity index (χ4v) is 2.65. The lowest BCUT2D eigenvalue weighted by Gasteiger charge is -2.24. The standard InChI is InChI=1S/C16H23NO4/c1-3-10-20-15(18)12-6-5-8-17-9-7-13(14(12)17)16(19)21-11-4-2/h7,9,12H,3-6,8,10-11H2,1-2H3. The van der Waals surface area contributed by atoms with Crippen LogP contribution in [0.5, 0.6) is 0 Å². The predicted molar refractivity (Wildman–Crippen MR) is 78.2 cm³/mol. The highest BCUT2D eigenvalue weighted by atomic mass is 16.5. The molecule has 0 spiro atoms. The molecule has 1 aromatic heterocycles. The van der Waals surface area contributed by atoms with Crippen molar-refractivity contribution in [2.45, 2.75) is 52.0 Å². The number of carbonyl (C=O) groups is 2. The summed E-state index contributed by atoms with van der Waals surface area (Å²) in [7, 11) is 0. The number of fused-ring (bicyclic) bond motifs is 1. The van der Waals surface area contributed by atoms with Gasteiger partial charge in [-0.2, -0.15) is 0 Å². The normalized spacial score (nSPS) is 17.1. The molecule has 0 aromatic carbocycles. The van der Waals surface area contributed by atoms with Crippen molar-refractivity contribution in [1.82, 2.24) is 4.57 Å². The second kappa shape index (κ2) is 7.29. The number of esters is 2. The van der Waals surface area contributed by atoms with Crippen molar-refractivity contribution in [3.05, 3.63) is 23.5 Å². The monoisotopic (exact) mass is 293 g/mol. The molecule has 1 atom stereocenters. The summed E-state index contributed by atoms with van der Waals surface area (Å²) in [6.45, 7) is 5.56. The van der Waals surface area contributed by atoms with Gasteiger partial charge in [0, 0.05) is 18.4 Å². The van der Waals surface area contributed by atoms with E-state index in [4.69, 9.17) is 9.47 Å². The average Bonchev–Trinajstić information content (AvgIpc) is 2.94. The Hall–Kier alpha value is -1.78. The van der Waals surface area contributed by atoms with Crippen LogP contribution in [0.15, 0.2) is 12.3 Å². The first-order chi connectivity index (χ1) is 10.2. The van der Waals surface area contributed by atoms with Gasteiger partial charge in [-0.05, 0) is 31.7 Å². The summed E-state index contributed by atoms with van der Waals surface area (Å²) in [5.41, 5.74) is 1.25. The van der Waals surface area contributed by atoms with Gasteiger partial charge in [0.2, 0.25) is 0 Å². The zero-order valence-corrected chi connectivity index (χ0v) is 12.8. The zero-order chi connectivity index (χ0) is 15.2. The SMILES string of the molecule is CCCOC(=O)c1ccn2c1C(C(=O)OCCC)CCC2. The second-order valence-corrected chi connectivity index (χ2v) is 5.31. The van der Waals surface area contributed by atoms with E-state index in [9.17, 15) is 9.59 Å². The molecule has 5 nitrogen and oxygen atoms in total. The third kappa shape index (κ3) is 3.46. The molecular weight excluding hydrogens is 270 g/mol. The highest BCUT2D eigenvalue weighted by Crippen LogP contribution is 2.32. The number of hydrogen-bond acceptors (Lipinski definition) is 4. The minimum Gasteiger partial charge on any atom is -0.465 e. The van der Waals surface area contributed by atoms with Crippen molar-refractivity contribution in [2.75, 3.05) is 13.2 Å². The molecule has 0 radical (unpaired) electrons.